The summed E-state index contributed by atoms with van der Waals surface area (Å²) in [7, 11) is 1.82. The standard InChI is InChI=1S/C13H15BrFN3O3.ClH/c1-16-9-3-2-4-17(7-9)13(19)10-5-8(15)6-11(12(10)14)18(20)21;/h5-6,9,16H,2-4,7H2,1H3;1H. The third kappa shape index (κ3) is 3.93. The average molecular weight is 397 g/mol. The van der Waals surface area contributed by atoms with Gasteiger partial charge in [-0.05, 0) is 41.9 Å². The zero-order chi connectivity index (χ0) is 15.6. The Balaban J connectivity index is 0.00000242. The molecule has 1 aliphatic rings. The normalized spacial score (nSPS) is 17.8. The number of carbonyl (C=O) groups is 1. The first-order valence-corrected chi connectivity index (χ1v) is 7.33. The first-order valence-electron chi connectivity index (χ1n) is 6.54. The maximum atomic E-state index is 13.5. The van der Waals surface area contributed by atoms with Crippen LogP contribution < -0.4 is 5.32 Å². The van der Waals surface area contributed by atoms with E-state index in [0.717, 1.165) is 25.0 Å². The maximum Gasteiger partial charge on any atom is 0.287 e. The van der Waals surface area contributed by atoms with Crippen LogP contribution in [0.4, 0.5) is 10.1 Å². The van der Waals surface area contributed by atoms with Crippen molar-refractivity contribution in [2.24, 2.45) is 0 Å². The molecule has 0 spiro atoms. The average Bonchev–Trinajstić information content (AvgIpc) is 2.48. The number of nitro benzene ring substituents is 1. The highest BCUT2D eigenvalue weighted by Gasteiger charge is 2.28. The molecule has 0 saturated carbocycles. The van der Waals surface area contributed by atoms with Crippen LogP contribution in [0.5, 0.6) is 0 Å². The lowest BCUT2D eigenvalue weighted by Crippen LogP contribution is -2.47. The monoisotopic (exact) mass is 395 g/mol. The van der Waals surface area contributed by atoms with Crippen molar-refractivity contribution in [3.8, 4) is 0 Å². The fourth-order valence-corrected chi connectivity index (χ4v) is 2.97. The number of likely N-dealkylation sites (N-methyl/N-ethyl adjacent to an activating group) is 1. The highest BCUT2D eigenvalue weighted by atomic mass is 79.9. The van der Waals surface area contributed by atoms with E-state index in [2.05, 4.69) is 21.2 Å². The van der Waals surface area contributed by atoms with Crippen LogP contribution in [0.2, 0.25) is 0 Å². The van der Waals surface area contributed by atoms with Gasteiger partial charge in [-0.2, -0.15) is 0 Å². The lowest BCUT2D eigenvalue weighted by Gasteiger charge is -2.32. The zero-order valence-corrected chi connectivity index (χ0v) is 14.2. The summed E-state index contributed by atoms with van der Waals surface area (Å²) in [6.07, 6.45) is 1.80. The smallest absolute Gasteiger partial charge is 0.287 e. The Morgan fingerprint density at radius 1 is 1.55 bits per heavy atom. The molecule has 1 saturated heterocycles. The van der Waals surface area contributed by atoms with Crippen molar-refractivity contribution >= 4 is 39.9 Å². The van der Waals surface area contributed by atoms with Gasteiger partial charge in [0.1, 0.15) is 10.3 Å². The van der Waals surface area contributed by atoms with Gasteiger partial charge in [-0.15, -0.1) is 12.4 Å². The Hall–Kier alpha value is -1.25. The number of carbonyl (C=O) groups excluding carboxylic acids is 1. The number of hydrogen-bond donors (Lipinski definition) is 1. The summed E-state index contributed by atoms with van der Waals surface area (Å²) >= 11 is 3.04. The molecule has 2 rings (SSSR count). The summed E-state index contributed by atoms with van der Waals surface area (Å²) in [6.45, 7) is 1.07. The summed E-state index contributed by atoms with van der Waals surface area (Å²) in [5.74, 6) is -1.19. The fraction of sp³-hybridized carbons (Fsp3) is 0.462. The molecule has 1 atom stereocenters. The van der Waals surface area contributed by atoms with Gasteiger partial charge in [0.2, 0.25) is 0 Å². The lowest BCUT2D eigenvalue weighted by molar-refractivity contribution is -0.385. The number of nitrogens with one attached hydrogen (secondary N) is 1. The SMILES string of the molecule is CNC1CCCN(C(=O)c2cc(F)cc([N+](=O)[O-])c2Br)C1.Cl. The quantitative estimate of drug-likeness (QED) is 0.630. The molecule has 122 valence electrons. The van der Waals surface area contributed by atoms with E-state index in [1.165, 1.54) is 0 Å². The number of halogens is 3. The summed E-state index contributed by atoms with van der Waals surface area (Å²) in [5.41, 5.74) is -0.459. The predicted molar refractivity (Wildman–Crippen MR) is 86.0 cm³/mol. The van der Waals surface area contributed by atoms with Gasteiger partial charge in [-0.1, -0.05) is 0 Å². The molecule has 1 aromatic rings. The molecular weight excluding hydrogens is 381 g/mol. The largest absolute Gasteiger partial charge is 0.337 e. The van der Waals surface area contributed by atoms with E-state index in [-0.39, 0.29) is 28.5 Å². The molecule has 9 heteroatoms. The molecule has 22 heavy (non-hydrogen) atoms. The minimum Gasteiger partial charge on any atom is -0.337 e. The molecule has 1 aliphatic heterocycles. The zero-order valence-electron chi connectivity index (χ0n) is 11.8. The second kappa shape index (κ2) is 7.85. The molecule has 1 N–H and O–H groups in total. The van der Waals surface area contributed by atoms with Crippen LogP contribution in [-0.2, 0) is 0 Å². The van der Waals surface area contributed by atoms with Crippen molar-refractivity contribution in [3.63, 3.8) is 0 Å². The molecule has 1 fully saturated rings. The summed E-state index contributed by atoms with van der Waals surface area (Å²) in [4.78, 5) is 24.3. The molecular formula is C13H16BrClFN3O3. The van der Waals surface area contributed by atoms with E-state index in [9.17, 15) is 19.3 Å². The number of nitrogens with zero attached hydrogens (tertiary/aromatic N) is 2. The third-order valence-electron chi connectivity index (χ3n) is 3.56. The van der Waals surface area contributed by atoms with Crippen molar-refractivity contribution in [3.05, 3.63) is 38.1 Å². The summed E-state index contributed by atoms with van der Waals surface area (Å²) < 4.78 is 13.5. The Morgan fingerprint density at radius 2 is 2.23 bits per heavy atom. The van der Waals surface area contributed by atoms with E-state index in [1.807, 2.05) is 7.05 Å². The first-order chi connectivity index (χ1) is 9.93. The molecule has 1 heterocycles. The van der Waals surface area contributed by atoms with Crippen molar-refractivity contribution in [2.75, 3.05) is 20.1 Å². The molecule has 0 aliphatic carbocycles. The molecule has 0 bridgehead atoms. The van der Waals surface area contributed by atoms with Gasteiger partial charge in [-0.25, -0.2) is 4.39 Å². The van der Waals surface area contributed by atoms with Crippen molar-refractivity contribution in [1.29, 1.82) is 0 Å². The highest BCUT2D eigenvalue weighted by Crippen LogP contribution is 2.31. The van der Waals surface area contributed by atoms with Crippen LogP contribution in [0, 0.1) is 15.9 Å². The third-order valence-corrected chi connectivity index (χ3v) is 4.40. The topological polar surface area (TPSA) is 75.5 Å². The fourth-order valence-electron chi connectivity index (χ4n) is 2.43. The predicted octanol–water partition coefficient (Wildman–Crippen LogP) is 2.74. The number of piperidine rings is 1. The molecule has 0 aromatic heterocycles. The van der Waals surface area contributed by atoms with Gasteiger partial charge in [-0.3, -0.25) is 14.9 Å². The van der Waals surface area contributed by atoms with E-state index in [0.29, 0.717) is 13.1 Å². The maximum absolute atomic E-state index is 13.5. The number of likely N-dealkylation sites (tertiary alicyclic amines) is 1. The van der Waals surface area contributed by atoms with E-state index in [4.69, 9.17) is 0 Å². The van der Waals surface area contributed by atoms with Crippen LogP contribution >= 0.6 is 28.3 Å². The van der Waals surface area contributed by atoms with Crippen LogP contribution in [0.25, 0.3) is 0 Å². The minimum atomic E-state index is -0.796. The Morgan fingerprint density at radius 3 is 2.82 bits per heavy atom. The lowest BCUT2D eigenvalue weighted by atomic mass is 10.0. The van der Waals surface area contributed by atoms with Crippen molar-refractivity contribution in [2.45, 2.75) is 18.9 Å². The Bertz CT molecular complexity index is 588. The number of benzene rings is 1. The number of hydrogen-bond acceptors (Lipinski definition) is 4. The molecule has 1 aromatic carbocycles. The second-order valence-electron chi connectivity index (χ2n) is 4.92. The molecule has 1 amide bonds. The van der Waals surface area contributed by atoms with E-state index >= 15 is 0 Å². The highest BCUT2D eigenvalue weighted by molar-refractivity contribution is 9.10. The number of rotatable bonds is 3. The van der Waals surface area contributed by atoms with Gasteiger partial charge in [0, 0.05) is 19.1 Å². The molecule has 6 nitrogen and oxygen atoms in total. The van der Waals surface area contributed by atoms with Gasteiger partial charge in [0.05, 0.1) is 16.6 Å². The number of amides is 1. The summed E-state index contributed by atoms with van der Waals surface area (Å²) in [5, 5.41) is 14.0. The summed E-state index contributed by atoms with van der Waals surface area (Å²) in [6, 6.07) is 2.01. The van der Waals surface area contributed by atoms with E-state index < -0.39 is 22.3 Å². The molecule has 1 unspecified atom stereocenters. The number of nitro groups is 1. The van der Waals surface area contributed by atoms with Crippen LogP contribution in [0.3, 0.4) is 0 Å². The van der Waals surface area contributed by atoms with Crippen LogP contribution in [0.1, 0.15) is 23.2 Å². The van der Waals surface area contributed by atoms with Crippen molar-refractivity contribution in [1.82, 2.24) is 10.2 Å². The van der Waals surface area contributed by atoms with Crippen molar-refractivity contribution < 1.29 is 14.1 Å². The van der Waals surface area contributed by atoms with Gasteiger partial charge in [0.25, 0.3) is 11.6 Å². The first kappa shape index (κ1) is 18.8. The van der Waals surface area contributed by atoms with Gasteiger partial charge < -0.3 is 10.2 Å². The van der Waals surface area contributed by atoms with Crippen LogP contribution in [0.15, 0.2) is 16.6 Å². The Kier molecular flexibility index (Phi) is 6.70. The minimum absolute atomic E-state index is 0. The Labute approximate surface area is 141 Å². The van der Waals surface area contributed by atoms with Gasteiger partial charge in [0.15, 0.2) is 0 Å². The van der Waals surface area contributed by atoms with Gasteiger partial charge >= 0.3 is 0 Å². The van der Waals surface area contributed by atoms with Crippen LogP contribution in [-0.4, -0.2) is 41.9 Å². The molecule has 0 radical (unpaired) electrons. The van der Waals surface area contributed by atoms with E-state index in [1.54, 1.807) is 4.90 Å². The second-order valence-corrected chi connectivity index (χ2v) is 5.72.